The lowest BCUT2D eigenvalue weighted by atomic mass is 10.2. The predicted octanol–water partition coefficient (Wildman–Crippen LogP) is 4.33. The van der Waals surface area contributed by atoms with E-state index in [4.69, 9.17) is 9.47 Å². The van der Waals surface area contributed by atoms with Crippen LogP contribution in [0.1, 0.15) is 17.0 Å². The van der Waals surface area contributed by atoms with Crippen LogP contribution >= 0.6 is 0 Å². The summed E-state index contributed by atoms with van der Waals surface area (Å²) >= 11 is 0. The van der Waals surface area contributed by atoms with Gasteiger partial charge in [0.2, 0.25) is 0 Å². The van der Waals surface area contributed by atoms with Crippen LogP contribution < -0.4 is 4.74 Å². The Balaban J connectivity index is 1.35. The number of halogens is 4. The van der Waals surface area contributed by atoms with E-state index in [-0.39, 0.29) is 18.7 Å². The standard InChI is InChI=1S/C21H21F4N3O2/c1-29-15-5-2-13(3-6-15)9-28-10-16(22)19(11-28)30-12-20-26-17-7-4-14(21(23,24)25)8-18(17)27-20/h2-8,16,19H,9-12H2,1H3,(H,26,27)/t16-,19+/m1/s1. The van der Waals surface area contributed by atoms with Crippen molar-refractivity contribution < 1.29 is 27.0 Å². The topological polar surface area (TPSA) is 50.4 Å². The fourth-order valence-corrected chi connectivity index (χ4v) is 3.58. The normalized spacial score (nSPS) is 20.2. The summed E-state index contributed by atoms with van der Waals surface area (Å²) in [5, 5.41) is 0. The van der Waals surface area contributed by atoms with Crippen molar-refractivity contribution in [1.82, 2.24) is 14.9 Å². The van der Waals surface area contributed by atoms with Crippen LogP contribution in [0, 0.1) is 0 Å². The number of likely N-dealkylation sites (tertiary alicyclic amines) is 1. The molecule has 0 aliphatic carbocycles. The molecule has 0 bridgehead atoms. The van der Waals surface area contributed by atoms with E-state index in [0.717, 1.165) is 23.4 Å². The summed E-state index contributed by atoms with van der Waals surface area (Å²) in [6.45, 7) is 1.27. The van der Waals surface area contributed by atoms with Crippen molar-refractivity contribution in [3.8, 4) is 5.75 Å². The third-order valence-corrected chi connectivity index (χ3v) is 5.13. The van der Waals surface area contributed by atoms with Crippen molar-refractivity contribution in [3.05, 3.63) is 59.4 Å². The van der Waals surface area contributed by atoms with Crippen LogP contribution in [-0.2, 0) is 24.1 Å². The fraction of sp³-hybridized carbons (Fsp3) is 0.381. The second kappa shape index (κ2) is 8.23. The molecule has 1 N–H and O–H groups in total. The molecule has 0 radical (unpaired) electrons. The van der Waals surface area contributed by atoms with Crippen LogP contribution in [0.4, 0.5) is 17.6 Å². The Kier molecular flexibility index (Phi) is 5.66. The molecule has 0 unspecified atom stereocenters. The van der Waals surface area contributed by atoms with Gasteiger partial charge in [0.25, 0.3) is 0 Å². The third-order valence-electron chi connectivity index (χ3n) is 5.13. The van der Waals surface area contributed by atoms with Gasteiger partial charge in [-0.05, 0) is 35.9 Å². The van der Waals surface area contributed by atoms with Crippen LogP contribution in [0.2, 0.25) is 0 Å². The number of imidazole rings is 1. The number of ether oxygens (including phenoxy) is 2. The first-order valence-corrected chi connectivity index (χ1v) is 9.48. The van der Waals surface area contributed by atoms with E-state index in [1.165, 1.54) is 6.07 Å². The van der Waals surface area contributed by atoms with Crippen LogP contribution in [0.15, 0.2) is 42.5 Å². The van der Waals surface area contributed by atoms with Crippen molar-refractivity contribution >= 4 is 11.0 Å². The minimum atomic E-state index is -4.42. The number of nitrogens with zero attached hydrogens (tertiary/aromatic N) is 2. The van der Waals surface area contributed by atoms with Gasteiger partial charge in [-0.25, -0.2) is 9.37 Å². The highest BCUT2D eigenvalue weighted by atomic mass is 19.4. The highest BCUT2D eigenvalue weighted by Crippen LogP contribution is 2.31. The molecular weight excluding hydrogens is 402 g/mol. The summed E-state index contributed by atoms with van der Waals surface area (Å²) < 4.78 is 63.7. The Labute approximate surface area is 170 Å². The van der Waals surface area contributed by atoms with Crippen LogP contribution in [0.3, 0.4) is 0 Å². The van der Waals surface area contributed by atoms with Gasteiger partial charge in [0, 0.05) is 19.6 Å². The van der Waals surface area contributed by atoms with Gasteiger partial charge in [0.1, 0.15) is 30.5 Å². The van der Waals surface area contributed by atoms with Gasteiger partial charge < -0.3 is 14.5 Å². The average Bonchev–Trinajstić information content (AvgIpc) is 3.28. The zero-order valence-electron chi connectivity index (χ0n) is 16.2. The molecule has 2 aromatic carbocycles. The highest BCUT2D eigenvalue weighted by molar-refractivity contribution is 5.76. The molecule has 5 nitrogen and oxygen atoms in total. The summed E-state index contributed by atoms with van der Waals surface area (Å²) in [6, 6.07) is 10.9. The lowest BCUT2D eigenvalue weighted by molar-refractivity contribution is -0.137. The minimum absolute atomic E-state index is 0.00249. The van der Waals surface area contributed by atoms with E-state index < -0.39 is 24.0 Å². The Morgan fingerprint density at radius 1 is 1.13 bits per heavy atom. The molecule has 0 spiro atoms. The second-order valence-corrected chi connectivity index (χ2v) is 7.32. The zero-order valence-corrected chi connectivity index (χ0v) is 16.2. The van der Waals surface area contributed by atoms with Crippen molar-refractivity contribution in [1.29, 1.82) is 0 Å². The van der Waals surface area contributed by atoms with E-state index in [0.29, 0.717) is 24.4 Å². The smallest absolute Gasteiger partial charge is 0.416 e. The number of rotatable bonds is 6. The summed E-state index contributed by atoms with van der Waals surface area (Å²) in [5.74, 6) is 1.13. The summed E-state index contributed by atoms with van der Waals surface area (Å²) in [6.07, 6.45) is -6.19. The van der Waals surface area contributed by atoms with Crippen LogP contribution in [0.5, 0.6) is 5.75 Å². The Bertz CT molecular complexity index is 1000. The number of hydrogen-bond acceptors (Lipinski definition) is 4. The number of hydrogen-bond donors (Lipinski definition) is 1. The number of alkyl halides is 4. The molecule has 160 valence electrons. The number of aromatic amines is 1. The van der Waals surface area contributed by atoms with Gasteiger partial charge in [-0.1, -0.05) is 12.1 Å². The maximum Gasteiger partial charge on any atom is 0.416 e. The maximum absolute atomic E-state index is 14.4. The molecule has 2 heterocycles. The summed E-state index contributed by atoms with van der Waals surface area (Å²) in [5.41, 5.74) is 0.972. The molecule has 1 aliphatic rings. The number of aromatic nitrogens is 2. The highest BCUT2D eigenvalue weighted by Gasteiger charge is 2.34. The monoisotopic (exact) mass is 423 g/mol. The molecule has 0 saturated carbocycles. The molecule has 30 heavy (non-hydrogen) atoms. The van der Waals surface area contributed by atoms with Gasteiger partial charge in [-0.15, -0.1) is 0 Å². The Morgan fingerprint density at radius 2 is 1.90 bits per heavy atom. The molecule has 0 amide bonds. The number of fused-ring (bicyclic) bond motifs is 1. The summed E-state index contributed by atoms with van der Waals surface area (Å²) in [4.78, 5) is 9.02. The first-order chi connectivity index (χ1) is 14.3. The van der Waals surface area contributed by atoms with Gasteiger partial charge in [0.15, 0.2) is 0 Å². The number of nitrogens with one attached hydrogen (secondary N) is 1. The Morgan fingerprint density at radius 3 is 2.60 bits per heavy atom. The molecule has 2 atom stereocenters. The number of benzene rings is 2. The van der Waals surface area contributed by atoms with E-state index in [9.17, 15) is 17.6 Å². The van der Waals surface area contributed by atoms with Crippen molar-refractivity contribution in [2.24, 2.45) is 0 Å². The fourth-order valence-electron chi connectivity index (χ4n) is 3.58. The Hall–Kier alpha value is -2.65. The molecular formula is C21H21F4N3O2. The van der Waals surface area contributed by atoms with Gasteiger partial charge in [0.05, 0.1) is 23.7 Å². The minimum Gasteiger partial charge on any atom is -0.497 e. The van der Waals surface area contributed by atoms with E-state index in [2.05, 4.69) is 9.97 Å². The molecule has 9 heteroatoms. The third kappa shape index (κ3) is 4.57. The van der Waals surface area contributed by atoms with Gasteiger partial charge in [-0.2, -0.15) is 13.2 Å². The van der Waals surface area contributed by atoms with Crippen LogP contribution in [-0.4, -0.2) is 47.3 Å². The van der Waals surface area contributed by atoms with Gasteiger partial charge in [-0.3, -0.25) is 4.90 Å². The van der Waals surface area contributed by atoms with Gasteiger partial charge >= 0.3 is 6.18 Å². The lowest BCUT2D eigenvalue weighted by Gasteiger charge is -2.15. The largest absolute Gasteiger partial charge is 0.497 e. The SMILES string of the molecule is COc1ccc(CN2C[C@@H](F)[C@@H](OCc3nc4ccc(C(F)(F)F)cc4[nH]3)C2)cc1. The molecule has 1 aromatic heterocycles. The molecule has 1 saturated heterocycles. The van der Waals surface area contributed by atoms with Crippen molar-refractivity contribution in [2.45, 2.75) is 31.6 Å². The van der Waals surface area contributed by atoms with Crippen LogP contribution in [0.25, 0.3) is 11.0 Å². The lowest BCUT2D eigenvalue weighted by Crippen LogP contribution is -2.24. The maximum atomic E-state index is 14.4. The quantitative estimate of drug-likeness (QED) is 0.600. The second-order valence-electron chi connectivity index (χ2n) is 7.32. The number of methoxy groups -OCH3 is 1. The summed E-state index contributed by atoms with van der Waals surface area (Å²) in [7, 11) is 1.60. The molecule has 1 aliphatic heterocycles. The number of H-pyrrole nitrogens is 1. The molecule has 3 aromatic rings. The van der Waals surface area contributed by atoms with Crippen molar-refractivity contribution in [3.63, 3.8) is 0 Å². The van der Waals surface area contributed by atoms with E-state index >= 15 is 0 Å². The molecule has 4 rings (SSSR count). The van der Waals surface area contributed by atoms with Crippen molar-refractivity contribution in [2.75, 3.05) is 20.2 Å². The first kappa shape index (κ1) is 20.6. The molecule has 1 fully saturated rings. The van der Waals surface area contributed by atoms with E-state index in [1.807, 2.05) is 29.2 Å². The predicted molar refractivity (Wildman–Crippen MR) is 103 cm³/mol. The average molecular weight is 423 g/mol. The first-order valence-electron chi connectivity index (χ1n) is 9.48. The zero-order chi connectivity index (χ0) is 21.3. The van der Waals surface area contributed by atoms with E-state index in [1.54, 1.807) is 7.11 Å².